The van der Waals surface area contributed by atoms with E-state index in [0.717, 1.165) is 28.6 Å². The van der Waals surface area contributed by atoms with Gasteiger partial charge in [0.1, 0.15) is 11.0 Å². The molecule has 3 aromatic heterocycles. The number of hydrogen-bond acceptors (Lipinski definition) is 5. The summed E-state index contributed by atoms with van der Waals surface area (Å²) in [5.74, 6) is 1.60. The number of halogens is 1. The van der Waals surface area contributed by atoms with Crippen LogP contribution in [0.3, 0.4) is 0 Å². The van der Waals surface area contributed by atoms with E-state index in [0.29, 0.717) is 11.7 Å². The van der Waals surface area contributed by atoms with Crippen molar-refractivity contribution in [2.75, 3.05) is 7.05 Å². The van der Waals surface area contributed by atoms with Crippen LogP contribution in [-0.4, -0.2) is 32.1 Å². The average molecular weight is 320 g/mol. The Morgan fingerprint density at radius 3 is 2.90 bits per heavy atom. The molecular weight excluding hydrogens is 306 g/mol. The molecule has 7 heteroatoms. The van der Waals surface area contributed by atoms with Crippen molar-refractivity contribution in [2.45, 2.75) is 13.1 Å². The first-order chi connectivity index (χ1) is 10.2. The van der Waals surface area contributed by atoms with Gasteiger partial charge in [0, 0.05) is 12.7 Å². The molecule has 0 aromatic carbocycles. The lowest BCUT2D eigenvalue weighted by molar-refractivity contribution is 0.310. The fraction of sp³-hybridized carbons (Fsp3) is 0.214. The van der Waals surface area contributed by atoms with E-state index in [1.807, 2.05) is 30.6 Å². The maximum atomic E-state index is 5.78. The van der Waals surface area contributed by atoms with Crippen LogP contribution in [-0.2, 0) is 13.1 Å². The van der Waals surface area contributed by atoms with Crippen LogP contribution >= 0.6 is 22.9 Å². The Labute approximate surface area is 131 Å². The van der Waals surface area contributed by atoms with Crippen LogP contribution in [0.2, 0.25) is 5.15 Å². The molecule has 1 N–H and O–H groups in total. The molecule has 0 atom stereocenters. The molecule has 0 bridgehead atoms. The molecule has 3 rings (SSSR count). The summed E-state index contributed by atoms with van der Waals surface area (Å²) in [7, 11) is 2.03. The van der Waals surface area contributed by atoms with Crippen LogP contribution in [0, 0.1) is 0 Å². The normalized spacial score (nSPS) is 11.2. The maximum absolute atomic E-state index is 5.78. The Balaban J connectivity index is 1.62. The SMILES string of the molecule is CN(Cc1ccc(Cl)nc1)Cc1nc(-c2cccs2)n[nH]1. The van der Waals surface area contributed by atoms with Crippen LogP contribution < -0.4 is 0 Å². The molecule has 0 saturated carbocycles. The lowest BCUT2D eigenvalue weighted by Crippen LogP contribution is -2.18. The summed E-state index contributed by atoms with van der Waals surface area (Å²) < 4.78 is 0. The number of pyridine rings is 1. The van der Waals surface area contributed by atoms with Gasteiger partial charge in [0.05, 0.1) is 11.4 Å². The van der Waals surface area contributed by atoms with E-state index >= 15 is 0 Å². The molecule has 0 fully saturated rings. The highest BCUT2D eigenvalue weighted by Crippen LogP contribution is 2.20. The Bertz CT molecular complexity index is 692. The van der Waals surface area contributed by atoms with Crippen molar-refractivity contribution in [1.82, 2.24) is 25.1 Å². The molecule has 3 aromatic rings. The van der Waals surface area contributed by atoms with Crippen LogP contribution in [0.4, 0.5) is 0 Å². The summed E-state index contributed by atoms with van der Waals surface area (Å²) in [6.07, 6.45) is 1.79. The van der Waals surface area contributed by atoms with Gasteiger partial charge in [-0.05, 0) is 30.1 Å². The minimum Gasteiger partial charge on any atom is -0.295 e. The van der Waals surface area contributed by atoms with Crippen molar-refractivity contribution in [2.24, 2.45) is 0 Å². The fourth-order valence-corrected chi connectivity index (χ4v) is 2.77. The highest BCUT2D eigenvalue weighted by atomic mass is 35.5. The topological polar surface area (TPSA) is 57.7 Å². The Morgan fingerprint density at radius 2 is 2.19 bits per heavy atom. The van der Waals surface area contributed by atoms with Gasteiger partial charge in [0.25, 0.3) is 0 Å². The first-order valence-corrected chi connectivity index (χ1v) is 7.70. The summed E-state index contributed by atoms with van der Waals surface area (Å²) >= 11 is 7.42. The summed E-state index contributed by atoms with van der Waals surface area (Å²) in [5, 5.41) is 9.77. The van der Waals surface area contributed by atoms with Gasteiger partial charge in [-0.15, -0.1) is 11.3 Å². The summed E-state index contributed by atoms with van der Waals surface area (Å²) in [4.78, 5) is 11.8. The summed E-state index contributed by atoms with van der Waals surface area (Å²) in [6, 6.07) is 7.79. The maximum Gasteiger partial charge on any atom is 0.191 e. The van der Waals surface area contributed by atoms with Gasteiger partial charge in [-0.3, -0.25) is 10.00 Å². The van der Waals surface area contributed by atoms with Gasteiger partial charge < -0.3 is 0 Å². The molecule has 0 aliphatic rings. The van der Waals surface area contributed by atoms with Crippen molar-refractivity contribution < 1.29 is 0 Å². The molecule has 5 nitrogen and oxygen atoms in total. The van der Waals surface area contributed by atoms with Gasteiger partial charge in [0.2, 0.25) is 0 Å². The van der Waals surface area contributed by atoms with E-state index in [4.69, 9.17) is 11.6 Å². The molecule has 0 saturated heterocycles. The fourth-order valence-electron chi connectivity index (χ4n) is 2.01. The third-order valence-corrected chi connectivity index (χ3v) is 4.02. The molecule has 0 spiro atoms. The largest absolute Gasteiger partial charge is 0.295 e. The number of rotatable bonds is 5. The number of aromatic amines is 1. The molecule has 0 aliphatic heterocycles. The highest BCUT2D eigenvalue weighted by Gasteiger charge is 2.09. The molecule has 3 heterocycles. The molecule has 0 unspecified atom stereocenters. The van der Waals surface area contributed by atoms with E-state index in [1.165, 1.54) is 0 Å². The van der Waals surface area contributed by atoms with Crippen molar-refractivity contribution in [3.8, 4) is 10.7 Å². The van der Waals surface area contributed by atoms with Gasteiger partial charge in [0.15, 0.2) is 5.82 Å². The first-order valence-electron chi connectivity index (χ1n) is 6.45. The number of hydrogen-bond donors (Lipinski definition) is 1. The standard InChI is InChI=1S/C14H14ClN5S/c1-20(8-10-4-5-12(15)16-7-10)9-13-17-14(19-18-13)11-3-2-6-21-11/h2-7H,8-9H2,1H3,(H,17,18,19). The Kier molecular flexibility index (Phi) is 4.28. The van der Waals surface area contributed by atoms with E-state index < -0.39 is 0 Å². The lowest BCUT2D eigenvalue weighted by Gasteiger charge is -2.14. The second-order valence-corrected chi connectivity index (χ2v) is 6.08. The molecular formula is C14H14ClN5S. The molecule has 21 heavy (non-hydrogen) atoms. The van der Waals surface area contributed by atoms with Crippen LogP contribution in [0.1, 0.15) is 11.4 Å². The van der Waals surface area contributed by atoms with Crippen LogP contribution in [0.5, 0.6) is 0 Å². The highest BCUT2D eigenvalue weighted by molar-refractivity contribution is 7.13. The third-order valence-electron chi connectivity index (χ3n) is 2.93. The molecule has 0 radical (unpaired) electrons. The van der Waals surface area contributed by atoms with Crippen molar-refractivity contribution in [3.63, 3.8) is 0 Å². The summed E-state index contributed by atoms with van der Waals surface area (Å²) in [6.45, 7) is 1.47. The van der Waals surface area contributed by atoms with Gasteiger partial charge >= 0.3 is 0 Å². The number of nitrogens with zero attached hydrogens (tertiary/aromatic N) is 4. The Hall–Kier alpha value is -1.76. The van der Waals surface area contributed by atoms with Gasteiger partial charge in [-0.2, -0.15) is 5.10 Å². The predicted molar refractivity (Wildman–Crippen MR) is 84.1 cm³/mol. The number of H-pyrrole nitrogens is 1. The molecule has 108 valence electrons. The number of nitrogens with one attached hydrogen (secondary N) is 1. The van der Waals surface area contributed by atoms with Crippen molar-refractivity contribution in [1.29, 1.82) is 0 Å². The van der Waals surface area contributed by atoms with Crippen molar-refractivity contribution >= 4 is 22.9 Å². The number of thiophene rings is 1. The second-order valence-electron chi connectivity index (χ2n) is 4.74. The molecule has 0 amide bonds. The zero-order chi connectivity index (χ0) is 14.7. The van der Waals surface area contributed by atoms with E-state index in [1.54, 1.807) is 23.6 Å². The van der Waals surface area contributed by atoms with Crippen LogP contribution in [0.25, 0.3) is 10.7 Å². The minimum atomic E-state index is 0.511. The van der Waals surface area contributed by atoms with E-state index in [2.05, 4.69) is 25.1 Å². The first kappa shape index (κ1) is 14.2. The zero-order valence-corrected chi connectivity index (χ0v) is 13.0. The quantitative estimate of drug-likeness (QED) is 0.734. The lowest BCUT2D eigenvalue weighted by atomic mass is 10.3. The monoisotopic (exact) mass is 319 g/mol. The van der Waals surface area contributed by atoms with Gasteiger partial charge in [-0.1, -0.05) is 23.7 Å². The molecule has 0 aliphatic carbocycles. The second kappa shape index (κ2) is 6.34. The smallest absolute Gasteiger partial charge is 0.191 e. The predicted octanol–water partition coefficient (Wildman–Crippen LogP) is 3.21. The minimum absolute atomic E-state index is 0.511. The van der Waals surface area contributed by atoms with E-state index in [9.17, 15) is 0 Å². The Morgan fingerprint density at radius 1 is 1.29 bits per heavy atom. The average Bonchev–Trinajstić information content (AvgIpc) is 3.12. The van der Waals surface area contributed by atoms with Gasteiger partial charge in [-0.25, -0.2) is 9.97 Å². The zero-order valence-electron chi connectivity index (χ0n) is 11.5. The van der Waals surface area contributed by atoms with Crippen LogP contribution in [0.15, 0.2) is 35.8 Å². The van der Waals surface area contributed by atoms with Crippen molar-refractivity contribution in [3.05, 3.63) is 52.4 Å². The van der Waals surface area contributed by atoms with E-state index in [-0.39, 0.29) is 0 Å². The third kappa shape index (κ3) is 3.66. The summed E-state index contributed by atoms with van der Waals surface area (Å²) in [5.41, 5.74) is 1.11. The number of aromatic nitrogens is 4.